The number of nitrogens with one attached hydrogen (secondary N) is 2. The summed E-state index contributed by atoms with van der Waals surface area (Å²) in [7, 11) is 0. The molecule has 1 amide bonds. The zero-order valence-corrected chi connectivity index (χ0v) is 25.6. The molecular formula is C38H44N2O4. The molecule has 1 aliphatic rings. The minimum Gasteiger partial charge on any atom is -0.465 e. The van der Waals surface area contributed by atoms with E-state index in [0.29, 0.717) is 39.0 Å². The molecule has 230 valence electrons. The first-order valence-electron chi connectivity index (χ1n) is 16.0. The first kappa shape index (κ1) is 31.4. The molecule has 1 heterocycles. The molecule has 0 bridgehead atoms. The Hall–Kier alpha value is -4.00. The van der Waals surface area contributed by atoms with E-state index >= 15 is 0 Å². The molecule has 3 N–H and O–H groups in total. The monoisotopic (exact) mass is 592 g/mol. The van der Waals surface area contributed by atoms with E-state index < -0.39 is 11.8 Å². The van der Waals surface area contributed by atoms with Gasteiger partial charge in [-0.15, -0.1) is 0 Å². The highest BCUT2D eigenvalue weighted by molar-refractivity contribution is 5.86. The molecule has 2 unspecified atom stereocenters. The van der Waals surface area contributed by atoms with Gasteiger partial charge in [0, 0.05) is 19.1 Å². The summed E-state index contributed by atoms with van der Waals surface area (Å²) in [6.07, 6.45) is 7.66. The van der Waals surface area contributed by atoms with Crippen LogP contribution in [-0.2, 0) is 27.2 Å². The maximum Gasteiger partial charge on any atom is 0.311 e. The van der Waals surface area contributed by atoms with Gasteiger partial charge in [0.1, 0.15) is 0 Å². The fourth-order valence-electron chi connectivity index (χ4n) is 6.07. The lowest BCUT2D eigenvalue weighted by Crippen LogP contribution is -2.50. The largest absolute Gasteiger partial charge is 0.465 e. The molecule has 4 atom stereocenters. The number of fused-ring (bicyclic) bond motifs is 2. The summed E-state index contributed by atoms with van der Waals surface area (Å²) in [6.45, 7) is 3.55. The van der Waals surface area contributed by atoms with Crippen LogP contribution in [0, 0.1) is 17.8 Å². The van der Waals surface area contributed by atoms with Gasteiger partial charge in [-0.05, 0) is 64.9 Å². The van der Waals surface area contributed by atoms with Crippen molar-refractivity contribution in [3.63, 3.8) is 0 Å². The number of ether oxygens (including phenoxy) is 1. The average molecular weight is 593 g/mol. The number of aliphatic hydroxyl groups excluding tert-OH is 1. The molecular weight excluding hydrogens is 548 g/mol. The van der Waals surface area contributed by atoms with Gasteiger partial charge in [-0.1, -0.05) is 110 Å². The zero-order chi connectivity index (χ0) is 30.7. The second-order valence-electron chi connectivity index (χ2n) is 11.9. The number of carbonyl (C=O) groups is 2. The van der Waals surface area contributed by atoms with E-state index in [0.717, 1.165) is 29.4 Å². The summed E-state index contributed by atoms with van der Waals surface area (Å²) < 4.78 is 5.52. The van der Waals surface area contributed by atoms with Gasteiger partial charge in [0.2, 0.25) is 5.91 Å². The Bertz CT molecular complexity index is 1580. The first-order valence-corrected chi connectivity index (χ1v) is 16.0. The van der Waals surface area contributed by atoms with Crippen molar-refractivity contribution >= 4 is 33.4 Å². The fourth-order valence-corrected chi connectivity index (χ4v) is 6.07. The molecule has 1 aliphatic heterocycles. The quantitative estimate of drug-likeness (QED) is 0.101. The summed E-state index contributed by atoms with van der Waals surface area (Å²) in [5.41, 5.74) is 2.26. The standard InChI is InChI=1S/C38H44N2O4/c1-2-3-20-44-38(43)36-25-39-19-18-35(36)37(42)40-34(24-28-13-16-31-9-5-7-11-33(31)23-28)17-14-29(26-41)21-27-12-15-30-8-4-6-10-32(30)22-27/h4-17,22-23,29,34-36,39,41H,2-3,18-21,24-26H2,1H3,(H,40,42)/b17-14+/t29-,34-,35?,36?/m0/s1. The summed E-state index contributed by atoms with van der Waals surface area (Å²) in [5.74, 6) is -1.50. The van der Waals surface area contributed by atoms with E-state index in [1.54, 1.807) is 0 Å². The van der Waals surface area contributed by atoms with E-state index in [-0.39, 0.29) is 30.4 Å². The van der Waals surface area contributed by atoms with Crippen molar-refractivity contribution in [2.75, 3.05) is 26.3 Å². The predicted octanol–water partition coefficient (Wildman–Crippen LogP) is 6.00. The normalized spacial score (nSPS) is 18.3. The first-order chi connectivity index (χ1) is 21.5. The van der Waals surface area contributed by atoms with Crippen LogP contribution < -0.4 is 10.6 Å². The van der Waals surface area contributed by atoms with Crippen molar-refractivity contribution in [2.24, 2.45) is 17.8 Å². The van der Waals surface area contributed by atoms with Crippen molar-refractivity contribution < 1.29 is 19.4 Å². The molecule has 44 heavy (non-hydrogen) atoms. The Morgan fingerprint density at radius 1 is 0.886 bits per heavy atom. The molecule has 0 aromatic heterocycles. The smallest absolute Gasteiger partial charge is 0.311 e. The minimum atomic E-state index is -0.510. The van der Waals surface area contributed by atoms with Crippen molar-refractivity contribution in [3.8, 4) is 0 Å². The molecule has 0 saturated carbocycles. The Morgan fingerprint density at radius 3 is 2.16 bits per heavy atom. The number of amides is 1. The van der Waals surface area contributed by atoms with E-state index in [4.69, 9.17) is 4.74 Å². The van der Waals surface area contributed by atoms with Gasteiger partial charge < -0.3 is 20.5 Å². The number of rotatable bonds is 13. The number of unbranched alkanes of at least 4 members (excludes halogenated alkanes) is 1. The van der Waals surface area contributed by atoms with Crippen LogP contribution in [0.2, 0.25) is 0 Å². The summed E-state index contributed by atoms with van der Waals surface area (Å²) in [6, 6.07) is 29.0. The maximum absolute atomic E-state index is 13.8. The third-order valence-corrected chi connectivity index (χ3v) is 8.62. The van der Waals surface area contributed by atoms with Crippen LogP contribution in [-0.4, -0.2) is 49.3 Å². The molecule has 0 radical (unpaired) electrons. The molecule has 0 spiro atoms. The number of aliphatic hydroxyl groups is 1. The van der Waals surface area contributed by atoms with Gasteiger partial charge >= 0.3 is 5.97 Å². The van der Waals surface area contributed by atoms with Gasteiger partial charge in [-0.25, -0.2) is 0 Å². The second kappa shape index (κ2) is 15.6. The van der Waals surface area contributed by atoms with E-state index in [9.17, 15) is 14.7 Å². The highest BCUT2D eigenvalue weighted by Crippen LogP contribution is 2.23. The fraction of sp³-hybridized carbons (Fsp3) is 0.368. The number of esters is 1. The average Bonchev–Trinajstić information content (AvgIpc) is 3.06. The zero-order valence-electron chi connectivity index (χ0n) is 25.6. The third kappa shape index (κ3) is 8.34. The molecule has 4 aromatic carbocycles. The highest BCUT2D eigenvalue weighted by Gasteiger charge is 2.37. The SMILES string of the molecule is CCCCOC(=O)C1CNCCC1C(=O)N[C@@H](/C=C/[C@H](CO)Cc1ccc2ccccc2c1)Cc1ccc2ccccc2c1. The highest BCUT2D eigenvalue weighted by atomic mass is 16.5. The molecule has 0 aliphatic carbocycles. The molecule has 1 saturated heterocycles. The number of carbonyl (C=O) groups excluding carboxylic acids is 2. The van der Waals surface area contributed by atoms with Crippen LogP contribution >= 0.6 is 0 Å². The Balaban J connectivity index is 1.34. The summed E-state index contributed by atoms with van der Waals surface area (Å²) in [5, 5.41) is 21.5. The maximum atomic E-state index is 13.8. The van der Waals surface area contributed by atoms with Gasteiger partial charge in [0.05, 0.1) is 24.5 Å². The summed E-state index contributed by atoms with van der Waals surface area (Å²) >= 11 is 0. The molecule has 4 aromatic rings. The molecule has 1 fully saturated rings. The number of hydrogen-bond donors (Lipinski definition) is 3. The van der Waals surface area contributed by atoms with E-state index in [1.807, 2.05) is 36.4 Å². The van der Waals surface area contributed by atoms with Crippen molar-refractivity contribution in [2.45, 2.75) is 45.1 Å². The minimum absolute atomic E-state index is 0.0000625. The summed E-state index contributed by atoms with van der Waals surface area (Å²) in [4.78, 5) is 26.7. The van der Waals surface area contributed by atoms with E-state index in [1.165, 1.54) is 16.2 Å². The molecule has 5 rings (SSSR count). The number of hydrogen-bond acceptors (Lipinski definition) is 5. The molecule has 6 nitrogen and oxygen atoms in total. The molecule has 6 heteroatoms. The van der Waals surface area contributed by atoms with Crippen molar-refractivity contribution in [3.05, 3.63) is 108 Å². The lowest BCUT2D eigenvalue weighted by molar-refractivity contribution is -0.154. The topological polar surface area (TPSA) is 87.7 Å². The van der Waals surface area contributed by atoms with Gasteiger partial charge in [0.15, 0.2) is 0 Å². The van der Waals surface area contributed by atoms with Gasteiger partial charge in [-0.2, -0.15) is 0 Å². The Kier molecular flexibility index (Phi) is 11.2. The van der Waals surface area contributed by atoms with Gasteiger partial charge in [0.25, 0.3) is 0 Å². The van der Waals surface area contributed by atoms with Crippen LogP contribution in [0.25, 0.3) is 21.5 Å². The van der Waals surface area contributed by atoms with Crippen LogP contribution in [0.1, 0.15) is 37.3 Å². The van der Waals surface area contributed by atoms with Crippen LogP contribution in [0.3, 0.4) is 0 Å². The number of benzene rings is 4. The van der Waals surface area contributed by atoms with E-state index in [2.05, 4.69) is 78.2 Å². The third-order valence-electron chi connectivity index (χ3n) is 8.62. The Labute approximate surface area is 260 Å². The Morgan fingerprint density at radius 2 is 1.52 bits per heavy atom. The van der Waals surface area contributed by atoms with Crippen LogP contribution in [0.4, 0.5) is 0 Å². The second-order valence-corrected chi connectivity index (χ2v) is 11.9. The lowest BCUT2D eigenvalue weighted by Gasteiger charge is -2.31. The predicted molar refractivity (Wildman–Crippen MR) is 177 cm³/mol. The van der Waals surface area contributed by atoms with Crippen LogP contribution in [0.5, 0.6) is 0 Å². The number of piperidine rings is 1. The van der Waals surface area contributed by atoms with Crippen LogP contribution in [0.15, 0.2) is 97.1 Å². The lowest BCUT2D eigenvalue weighted by atomic mass is 9.85. The van der Waals surface area contributed by atoms with Crippen molar-refractivity contribution in [1.82, 2.24) is 10.6 Å². The van der Waals surface area contributed by atoms with Crippen molar-refractivity contribution in [1.29, 1.82) is 0 Å². The van der Waals surface area contributed by atoms with Gasteiger partial charge in [-0.3, -0.25) is 9.59 Å².